The van der Waals surface area contributed by atoms with Gasteiger partial charge < -0.3 is 10.1 Å². The highest BCUT2D eigenvalue weighted by Crippen LogP contribution is 2.26. The van der Waals surface area contributed by atoms with Crippen LogP contribution in [-0.2, 0) is 11.2 Å². The second kappa shape index (κ2) is 9.72. The van der Waals surface area contributed by atoms with Crippen LogP contribution in [0.1, 0.15) is 37.8 Å². The highest BCUT2D eigenvalue weighted by Gasteiger charge is 2.33. The molecule has 0 radical (unpaired) electrons. The van der Waals surface area contributed by atoms with Gasteiger partial charge in [0, 0.05) is 29.2 Å². The van der Waals surface area contributed by atoms with Gasteiger partial charge in [-0.1, -0.05) is 54.1 Å². The maximum Gasteiger partial charge on any atom is 0.263 e. The molecule has 0 aliphatic rings. The molecule has 30 heavy (non-hydrogen) atoms. The van der Waals surface area contributed by atoms with Gasteiger partial charge in [0.05, 0.1) is 0 Å². The fourth-order valence-corrected chi connectivity index (χ4v) is 3.41. The lowest BCUT2D eigenvalue weighted by molar-refractivity contribution is -0.135. The van der Waals surface area contributed by atoms with Crippen molar-refractivity contribution in [2.24, 2.45) is 0 Å². The predicted molar refractivity (Wildman–Crippen MR) is 119 cm³/mol. The summed E-state index contributed by atoms with van der Waals surface area (Å²) in [6.07, 6.45) is 2.33. The van der Waals surface area contributed by atoms with Crippen molar-refractivity contribution in [2.45, 2.75) is 44.8 Å². The van der Waals surface area contributed by atoms with E-state index < -0.39 is 5.60 Å². The van der Waals surface area contributed by atoms with E-state index in [0.29, 0.717) is 10.9 Å². The molecule has 0 bridgehead atoms. The van der Waals surface area contributed by atoms with Crippen molar-refractivity contribution in [1.82, 2.24) is 15.5 Å². The first-order chi connectivity index (χ1) is 14.3. The number of rotatable bonds is 8. The number of hydrogen-bond donors (Lipinski definition) is 1. The molecule has 1 unspecified atom stereocenters. The summed E-state index contributed by atoms with van der Waals surface area (Å²) in [5.41, 5.74) is 1.23. The van der Waals surface area contributed by atoms with Crippen molar-refractivity contribution in [1.29, 1.82) is 0 Å². The fraction of sp³-hybridized carbons (Fsp3) is 0.292. The summed E-state index contributed by atoms with van der Waals surface area (Å²) in [7, 11) is 0. The van der Waals surface area contributed by atoms with Crippen LogP contribution in [0.2, 0.25) is 5.02 Å². The minimum atomic E-state index is -1.09. The number of carbonyl (C=O) groups excluding carboxylic acids is 1. The van der Waals surface area contributed by atoms with Gasteiger partial charge in [-0.2, -0.15) is 5.10 Å². The van der Waals surface area contributed by atoms with Gasteiger partial charge in [0.25, 0.3) is 5.91 Å². The molecule has 1 amide bonds. The van der Waals surface area contributed by atoms with Crippen molar-refractivity contribution in [2.75, 3.05) is 0 Å². The largest absolute Gasteiger partial charge is 0.460 e. The summed E-state index contributed by atoms with van der Waals surface area (Å²) in [6.45, 7) is 5.46. The molecule has 6 heteroatoms. The van der Waals surface area contributed by atoms with Crippen molar-refractivity contribution in [3.8, 4) is 5.88 Å². The number of hydrogen-bond acceptors (Lipinski definition) is 4. The van der Waals surface area contributed by atoms with E-state index in [9.17, 15) is 4.79 Å². The van der Waals surface area contributed by atoms with Crippen molar-refractivity contribution in [3.05, 3.63) is 89.1 Å². The first-order valence-electron chi connectivity index (χ1n) is 9.92. The quantitative estimate of drug-likeness (QED) is 0.564. The molecule has 1 heterocycles. The van der Waals surface area contributed by atoms with Gasteiger partial charge in [-0.15, -0.1) is 5.10 Å². The van der Waals surface area contributed by atoms with E-state index in [1.807, 2.05) is 49.4 Å². The Labute approximate surface area is 182 Å². The number of nitrogens with zero attached hydrogens (tertiary/aromatic N) is 2. The number of aromatic nitrogens is 2. The second-order valence-corrected chi connectivity index (χ2v) is 8.22. The number of amides is 1. The molecule has 0 aliphatic heterocycles. The monoisotopic (exact) mass is 423 g/mol. The fourth-order valence-electron chi connectivity index (χ4n) is 3.29. The summed E-state index contributed by atoms with van der Waals surface area (Å²) >= 11 is 6.03. The van der Waals surface area contributed by atoms with E-state index in [2.05, 4.69) is 27.6 Å². The topological polar surface area (TPSA) is 64.1 Å². The molecule has 3 aromatic rings. The first-order valence-corrected chi connectivity index (χ1v) is 10.3. The molecule has 0 saturated heterocycles. The highest BCUT2D eigenvalue weighted by atomic mass is 35.5. The van der Waals surface area contributed by atoms with Crippen molar-refractivity contribution >= 4 is 17.5 Å². The van der Waals surface area contributed by atoms with Gasteiger partial charge in [0.1, 0.15) is 0 Å². The third-order valence-electron chi connectivity index (χ3n) is 5.01. The minimum absolute atomic E-state index is 0.0867. The van der Waals surface area contributed by atoms with E-state index in [1.165, 1.54) is 0 Å². The van der Waals surface area contributed by atoms with Crippen LogP contribution < -0.4 is 10.1 Å². The molecule has 0 saturated carbocycles. The summed E-state index contributed by atoms with van der Waals surface area (Å²) in [6, 6.07) is 21.3. The summed E-state index contributed by atoms with van der Waals surface area (Å²) in [5, 5.41) is 11.5. The second-order valence-electron chi connectivity index (χ2n) is 7.78. The lowest BCUT2D eigenvalue weighted by Crippen LogP contribution is -2.51. The van der Waals surface area contributed by atoms with Crippen LogP contribution in [0.4, 0.5) is 0 Å². The zero-order valence-electron chi connectivity index (χ0n) is 17.4. The molecule has 0 aliphatic carbocycles. The first kappa shape index (κ1) is 21.8. The van der Waals surface area contributed by atoms with Crippen molar-refractivity contribution < 1.29 is 9.53 Å². The summed E-state index contributed by atoms with van der Waals surface area (Å²) < 4.78 is 5.78. The Morgan fingerprint density at radius 3 is 2.40 bits per heavy atom. The predicted octanol–water partition coefficient (Wildman–Crippen LogP) is 4.82. The molecule has 1 N–H and O–H groups in total. The Balaban J connectivity index is 1.76. The number of benzene rings is 2. The van der Waals surface area contributed by atoms with E-state index >= 15 is 0 Å². The van der Waals surface area contributed by atoms with Crippen LogP contribution in [0.3, 0.4) is 0 Å². The van der Waals surface area contributed by atoms with Crippen LogP contribution >= 0.6 is 11.6 Å². The minimum Gasteiger partial charge on any atom is -0.460 e. The maximum atomic E-state index is 13.0. The van der Waals surface area contributed by atoms with Gasteiger partial charge in [-0.3, -0.25) is 4.79 Å². The van der Waals surface area contributed by atoms with E-state index in [-0.39, 0.29) is 17.9 Å². The Bertz CT molecular complexity index is 947. The molecule has 5 nitrogen and oxygen atoms in total. The lowest BCUT2D eigenvalue weighted by atomic mass is 9.86. The van der Waals surface area contributed by atoms with Crippen LogP contribution in [-0.4, -0.2) is 27.7 Å². The Morgan fingerprint density at radius 1 is 1.07 bits per heavy atom. The SMILES string of the molecule is C[C@H](NC(=O)C(C)(C)Oc1cccnn1)C(Cc1ccc(Cl)cc1)c1ccccc1. The lowest BCUT2D eigenvalue weighted by Gasteiger charge is -2.30. The molecular formula is C24H26ClN3O2. The number of carbonyl (C=O) groups is 1. The molecule has 2 atom stereocenters. The maximum absolute atomic E-state index is 13.0. The Kier molecular flexibility index (Phi) is 7.06. The third kappa shape index (κ3) is 5.80. The van der Waals surface area contributed by atoms with E-state index in [4.69, 9.17) is 16.3 Å². The zero-order valence-corrected chi connectivity index (χ0v) is 18.1. The molecule has 0 spiro atoms. The zero-order chi connectivity index (χ0) is 21.6. The van der Waals surface area contributed by atoms with Crippen LogP contribution in [0.5, 0.6) is 5.88 Å². The van der Waals surface area contributed by atoms with Crippen LogP contribution in [0.25, 0.3) is 0 Å². The smallest absolute Gasteiger partial charge is 0.263 e. The number of halogens is 1. The van der Waals surface area contributed by atoms with E-state index in [0.717, 1.165) is 17.5 Å². The third-order valence-corrected chi connectivity index (χ3v) is 5.27. The number of ether oxygens (including phenoxy) is 1. The summed E-state index contributed by atoms with van der Waals surface area (Å²) in [4.78, 5) is 13.0. The van der Waals surface area contributed by atoms with Gasteiger partial charge >= 0.3 is 0 Å². The van der Waals surface area contributed by atoms with Gasteiger partial charge in [-0.05, 0) is 56.5 Å². The van der Waals surface area contributed by atoms with Crippen LogP contribution in [0, 0.1) is 0 Å². The van der Waals surface area contributed by atoms with Gasteiger partial charge in [-0.25, -0.2) is 0 Å². The standard InChI is InChI=1S/C24H26ClN3O2/c1-17(27-23(29)24(2,3)30-22-10-7-15-26-28-22)21(19-8-5-4-6-9-19)16-18-11-13-20(25)14-12-18/h4-15,17,21H,16H2,1-3H3,(H,27,29)/t17-,21?/m0/s1. The molecule has 156 valence electrons. The van der Waals surface area contributed by atoms with Crippen LogP contribution in [0.15, 0.2) is 72.9 Å². The average Bonchev–Trinajstić information content (AvgIpc) is 2.74. The molecule has 0 fully saturated rings. The number of nitrogens with one attached hydrogen (secondary N) is 1. The molecule has 3 rings (SSSR count). The average molecular weight is 424 g/mol. The Morgan fingerprint density at radius 2 is 1.77 bits per heavy atom. The normalized spacial score (nSPS) is 13.3. The van der Waals surface area contributed by atoms with Gasteiger partial charge in [0.2, 0.25) is 5.88 Å². The highest BCUT2D eigenvalue weighted by molar-refractivity contribution is 6.30. The van der Waals surface area contributed by atoms with Gasteiger partial charge in [0.15, 0.2) is 5.60 Å². The molecule has 2 aromatic carbocycles. The van der Waals surface area contributed by atoms with E-state index in [1.54, 1.807) is 32.2 Å². The Hall–Kier alpha value is -2.92. The summed E-state index contributed by atoms with van der Waals surface area (Å²) in [5.74, 6) is 0.187. The van der Waals surface area contributed by atoms with Crippen molar-refractivity contribution in [3.63, 3.8) is 0 Å². The molecular weight excluding hydrogens is 398 g/mol. The molecule has 1 aromatic heterocycles.